The van der Waals surface area contributed by atoms with Gasteiger partial charge in [0.25, 0.3) is 0 Å². The third kappa shape index (κ3) is 1.75. The number of hydrogen-bond donors (Lipinski definition) is 0. The quantitative estimate of drug-likeness (QED) is 0.727. The predicted molar refractivity (Wildman–Crippen MR) is 54.7 cm³/mol. The van der Waals surface area contributed by atoms with Crippen LogP contribution < -0.4 is 0 Å². The average molecular weight is 190 g/mol. The lowest BCUT2D eigenvalue weighted by Gasteiger charge is -1.97. The smallest absolute Gasteiger partial charge is 0.124 e. The van der Waals surface area contributed by atoms with Crippen LogP contribution in [0.2, 0.25) is 0 Å². The van der Waals surface area contributed by atoms with Crippen LogP contribution in [0.5, 0.6) is 0 Å². The standard InChI is InChI=1S/C10H10N2S/c1-2-9-4-3-8(7-12-9)10-11-5-6-13-10/h3-7H,2H2,1H3. The Hall–Kier alpha value is -1.22. The summed E-state index contributed by atoms with van der Waals surface area (Å²) in [6.45, 7) is 2.10. The lowest BCUT2D eigenvalue weighted by molar-refractivity contribution is 1.04. The van der Waals surface area contributed by atoms with Gasteiger partial charge in [-0.15, -0.1) is 11.3 Å². The maximum absolute atomic E-state index is 4.32. The van der Waals surface area contributed by atoms with Crippen molar-refractivity contribution >= 4 is 11.3 Å². The van der Waals surface area contributed by atoms with Crippen molar-refractivity contribution in [1.29, 1.82) is 0 Å². The molecule has 0 bridgehead atoms. The molecule has 0 spiro atoms. The van der Waals surface area contributed by atoms with E-state index in [1.165, 1.54) is 0 Å². The SMILES string of the molecule is CCc1ccc(-c2nccs2)cn1. The molecule has 0 atom stereocenters. The van der Waals surface area contributed by atoms with E-state index in [1.54, 1.807) is 11.3 Å². The van der Waals surface area contributed by atoms with Crippen molar-refractivity contribution in [3.63, 3.8) is 0 Å². The Labute approximate surface area is 81.3 Å². The Kier molecular flexibility index (Phi) is 2.36. The number of pyridine rings is 1. The van der Waals surface area contributed by atoms with Crippen LogP contribution in [0.1, 0.15) is 12.6 Å². The molecule has 0 saturated heterocycles. The van der Waals surface area contributed by atoms with Gasteiger partial charge < -0.3 is 0 Å². The van der Waals surface area contributed by atoms with E-state index >= 15 is 0 Å². The molecule has 0 radical (unpaired) electrons. The molecule has 2 aromatic heterocycles. The third-order valence-corrected chi connectivity index (χ3v) is 2.69. The van der Waals surface area contributed by atoms with E-state index < -0.39 is 0 Å². The van der Waals surface area contributed by atoms with Crippen LogP contribution in [0.15, 0.2) is 29.9 Å². The first-order valence-corrected chi connectivity index (χ1v) is 5.13. The molecule has 0 aliphatic carbocycles. The highest BCUT2D eigenvalue weighted by atomic mass is 32.1. The van der Waals surface area contributed by atoms with E-state index in [0.29, 0.717) is 0 Å². The van der Waals surface area contributed by atoms with Crippen molar-refractivity contribution in [3.05, 3.63) is 35.6 Å². The minimum absolute atomic E-state index is 0.984. The summed E-state index contributed by atoms with van der Waals surface area (Å²) < 4.78 is 0. The average Bonchev–Trinajstić information content (AvgIpc) is 2.71. The second-order valence-electron chi connectivity index (χ2n) is 2.73. The second kappa shape index (κ2) is 3.66. The molecule has 2 rings (SSSR count). The van der Waals surface area contributed by atoms with Crippen LogP contribution in [0, 0.1) is 0 Å². The highest BCUT2D eigenvalue weighted by molar-refractivity contribution is 7.13. The Morgan fingerprint density at radius 2 is 2.23 bits per heavy atom. The van der Waals surface area contributed by atoms with Gasteiger partial charge in [-0.25, -0.2) is 4.98 Å². The first-order valence-electron chi connectivity index (χ1n) is 4.25. The fraction of sp³-hybridized carbons (Fsp3) is 0.200. The predicted octanol–water partition coefficient (Wildman–Crippen LogP) is 2.77. The number of hydrogen-bond acceptors (Lipinski definition) is 3. The van der Waals surface area contributed by atoms with Gasteiger partial charge in [-0.1, -0.05) is 6.92 Å². The summed E-state index contributed by atoms with van der Waals surface area (Å²) in [5, 5.41) is 3.01. The van der Waals surface area contributed by atoms with E-state index in [1.807, 2.05) is 17.8 Å². The Bertz CT molecular complexity index is 364. The third-order valence-electron chi connectivity index (χ3n) is 1.87. The molecule has 2 aromatic rings. The van der Waals surface area contributed by atoms with Crippen LogP contribution in [-0.4, -0.2) is 9.97 Å². The van der Waals surface area contributed by atoms with Crippen LogP contribution >= 0.6 is 11.3 Å². The number of aromatic nitrogens is 2. The molecule has 2 nitrogen and oxygen atoms in total. The molecule has 0 aliphatic heterocycles. The Morgan fingerprint density at radius 1 is 1.31 bits per heavy atom. The topological polar surface area (TPSA) is 25.8 Å². The fourth-order valence-corrected chi connectivity index (χ4v) is 1.76. The lowest BCUT2D eigenvalue weighted by Crippen LogP contribution is -1.85. The van der Waals surface area contributed by atoms with Gasteiger partial charge >= 0.3 is 0 Å². The first kappa shape index (κ1) is 8.38. The summed E-state index contributed by atoms with van der Waals surface area (Å²) >= 11 is 1.64. The van der Waals surface area contributed by atoms with Gasteiger partial charge in [0, 0.05) is 29.0 Å². The molecule has 0 unspecified atom stereocenters. The Balaban J connectivity index is 2.33. The van der Waals surface area contributed by atoms with Gasteiger partial charge in [-0.3, -0.25) is 4.98 Å². The molecular formula is C10H10N2S. The lowest BCUT2D eigenvalue weighted by atomic mass is 10.2. The zero-order valence-electron chi connectivity index (χ0n) is 7.40. The van der Waals surface area contributed by atoms with Crippen molar-refractivity contribution in [2.24, 2.45) is 0 Å². The first-order chi connectivity index (χ1) is 6.40. The summed E-state index contributed by atoms with van der Waals surface area (Å²) in [6, 6.07) is 4.13. The summed E-state index contributed by atoms with van der Waals surface area (Å²) in [5.74, 6) is 0. The molecule has 0 fully saturated rings. The molecular weight excluding hydrogens is 180 g/mol. The summed E-state index contributed by atoms with van der Waals surface area (Å²) in [7, 11) is 0. The summed E-state index contributed by atoms with van der Waals surface area (Å²) in [6.07, 6.45) is 4.68. The number of rotatable bonds is 2. The van der Waals surface area contributed by atoms with Crippen molar-refractivity contribution in [2.75, 3.05) is 0 Å². The Morgan fingerprint density at radius 3 is 2.77 bits per heavy atom. The summed E-state index contributed by atoms with van der Waals surface area (Å²) in [4.78, 5) is 8.54. The van der Waals surface area contributed by atoms with E-state index in [0.717, 1.165) is 22.7 Å². The maximum Gasteiger partial charge on any atom is 0.124 e. The van der Waals surface area contributed by atoms with E-state index in [9.17, 15) is 0 Å². The van der Waals surface area contributed by atoms with Crippen molar-refractivity contribution in [1.82, 2.24) is 9.97 Å². The van der Waals surface area contributed by atoms with Crippen LogP contribution in [-0.2, 0) is 6.42 Å². The van der Waals surface area contributed by atoms with Crippen molar-refractivity contribution < 1.29 is 0 Å². The van der Waals surface area contributed by atoms with Gasteiger partial charge in [-0.2, -0.15) is 0 Å². The fourth-order valence-electron chi connectivity index (χ4n) is 1.13. The minimum atomic E-state index is 0.984. The molecule has 66 valence electrons. The summed E-state index contributed by atoms with van der Waals surface area (Å²) in [5.41, 5.74) is 2.23. The number of aryl methyl sites for hydroxylation is 1. The second-order valence-corrected chi connectivity index (χ2v) is 3.62. The molecule has 0 saturated carbocycles. The van der Waals surface area contributed by atoms with Crippen molar-refractivity contribution in [3.8, 4) is 10.6 Å². The normalized spacial score (nSPS) is 10.2. The van der Waals surface area contributed by atoms with Gasteiger partial charge in [0.2, 0.25) is 0 Å². The zero-order chi connectivity index (χ0) is 9.10. The molecule has 0 amide bonds. The highest BCUT2D eigenvalue weighted by Gasteiger charge is 1.99. The van der Waals surface area contributed by atoms with Crippen LogP contribution in [0.3, 0.4) is 0 Å². The molecule has 3 heteroatoms. The number of nitrogens with zero attached hydrogens (tertiary/aromatic N) is 2. The highest BCUT2D eigenvalue weighted by Crippen LogP contribution is 2.20. The van der Waals surface area contributed by atoms with Gasteiger partial charge in [0.15, 0.2) is 0 Å². The maximum atomic E-state index is 4.32. The van der Waals surface area contributed by atoms with E-state index in [2.05, 4.69) is 29.0 Å². The van der Waals surface area contributed by atoms with Crippen LogP contribution in [0.4, 0.5) is 0 Å². The zero-order valence-corrected chi connectivity index (χ0v) is 8.21. The van der Waals surface area contributed by atoms with Gasteiger partial charge in [-0.05, 0) is 18.6 Å². The molecule has 0 aromatic carbocycles. The largest absolute Gasteiger partial charge is 0.261 e. The van der Waals surface area contributed by atoms with E-state index in [4.69, 9.17) is 0 Å². The molecule has 0 aliphatic rings. The number of thiazole rings is 1. The van der Waals surface area contributed by atoms with Crippen molar-refractivity contribution in [2.45, 2.75) is 13.3 Å². The van der Waals surface area contributed by atoms with E-state index in [-0.39, 0.29) is 0 Å². The molecule has 0 N–H and O–H groups in total. The monoisotopic (exact) mass is 190 g/mol. The van der Waals surface area contributed by atoms with Gasteiger partial charge in [0.1, 0.15) is 5.01 Å². The van der Waals surface area contributed by atoms with Crippen LogP contribution in [0.25, 0.3) is 10.6 Å². The molecule has 13 heavy (non-hydrogen) atoms. The molecule has 2 heterocycles. The minimum Gasteiger partial charge on any atom is -0.261 e. The van der Waals surface area contributed by atoms with Gasteiger partial charge in [0.05, 0.1) is 0 Å².